The lowest BCUT2D eigenvalue weighted by molar-refractivity contribution is 0.0616. The third-order valence-electron chi connectivity index (χ3n) is 4.82. The number of carbonyl (C=O) groups excluding carboxylic acids is 1. The van der Waals surface area contributed by atoms with Gasteiger partial charge in [-0.1, -0.05) is 29.8 Å². The lowest BCUT2D eigenvalue weighted by atomic mass is 10.2. The normalized spacial score (nSPS) is 15.2. The maximum absolute atomic E-state index is 12.8. The molecule has 0 atom stereocenters. The Labute approximate surface area is 162 Å². The van der Waals surface area contributed by atoms with Crippen molar-refractivity contribution in [2.24, 2.45) is 0 Å². The molecule has 2 aromatic carbocycles. The number of hydrogen-bond donors (Lipinski definition) is 1. The second-order valence-electron chi connectivity index (χ2n) is 6.55. The van der Waals surface area contributed by atoms with E-state index in [2.05, 4.69) is 15.1 Å². The van der Waals surface area contributed by atoms with Crippen LogP contribution in [0.3, 0.4) is 0 Å². The fourth-order valence-corrected chi connectivity index (χ4v) is 3.40. The van der Waals surface area contributed by atoms with Gasteiger partial charge in [0, 0.05) is 43.1 Å². The van der Waals surface area contributed by atoms with Crippen LogP contribution in [-0.4, -0.2) is 65.2 Å². The molecule has 4 rings (SSSR count). The van der Waals surface area contributed by atoms with Gasteiger partial charge in [-0.25, -0.2) is 0 Å². The number of amides is 1. The zero-order valence-corrected chi connectivity index (χ0v) is 15.7. The maximum atomic E-state index is 12.8. The number of carbonyl (C=O) groups is 1. The van der Waals surface area contributed by atoms with Crippen molar-refractivity contribution in [3.05, 3.63) is 59.2 Å². The zero-order chi connectivity index (χ0) is 18.6. The van der Waals surface area contributed by atoms with Crippen LogP contribution in [0.15, 0.2) is 48.5 Å². The number of hydrogen-bond acceptors (Lipinski definition) is 4. The molecule has 1 saturated heterocycles. The number of nitrogens with one attached hydrogen (secondary N) is 1. The lowest BCUT2D eigenvalue weighted by Gasteiger charge is -2.34. The Balaban J connectivity index is 1.27. The largest absolute Gasteiger partial charge is 0.492 e. The fraction of sp³-hybridized carbons (Fsp3) is 0.300. The fourth-order valence-electron chi connectivity index (χ4n) is 3.27. The van der Waals surface area contributed by atoms with Crippen LogP contribution in [-0.2, 0) is 0 Å². The van der Waals surface area contributed by atoms with E-state index in [1.54, 1.807) is 0 Å². The molecule has 1 aliphatic heterocycles. The van der Waals surface area contributed by atoms with E-state index in [-0.39, 0.29) is 5.91 Å². The molecule has 0 saturated carbocycles. The molecule has 3 aromatic rings. The van der Waals surface area contributed by atoms with Crippen molar-refractivity contribution in [3.63, 3.8) is 0 Å². The first kappa shape index (κ1) is 17.8. The van der Waals surface area contributed by atoms with E-state index in [0.717, 1.165) is 36.3 Å². The molecule has 27 heavy (non-hydrogen) atoms. The third-order valence-corrected chi connectivity index (χ3v) is 5.07. The summed E-state index contributed by atoms with van der Waals surface area (Å²) < 4.78 is 5.75. The summed E-state index contributed by atoms with van der Waals surface area (Å²) in [6.07, 6.45) is 0. The monoisotopic (exact) mass is 384 g/mol. The standard InChI is InChI=1S/C20H21ClN4O2/c21-15-5-7-16(8-6-15)27-14-13-24-9-11-25(12-10-24)20(26)19-17-3-1-2-4-18(17)22-23-19/h1-8H,9-14H2,(H,22,23). The van der Waals surface area contributed by atoms with Crippen molar-refractivity contribution >= 4 is 28.4 Å². The van der Waals surface area contributed by atoms with Crippen LogP contribution >= 0.6 is 11.6 Å². The number of aromatic amines is 1. The zero-order valence-electron chi connectivity index (χ0n) is 14.9. The van der Waals surface area contributed by atoms with Gasteiger partial charge in [0.1, 0.15) is 12.4 Å². The van der Waals surface area contributed by atoms with Crippen molar-refractivity contribution in [2.75, 3.05) is 39.3 Å². The number of para-hydroxylation sites is 1. The number of piperazine rings is 1. The number of ether oxygens (including phenoxy) is 1. The molecule has 1 aliphatic rings. The van der Waals surface area contributed by atoms with E-state index in [1.165, 1.54) is 0 Å². The average Bonchev–Trinajstić information content (AvgIpc) is 3.14. The van der Waals surface area contributed by atoms with Crippen LogP contribution in [0, 0.1) is 0 Å². The molecular formula is C20H21ClN4O2. The third kappa shape index (κ3) is 4.07. The smallest absolute Gasteiger partial charge is 0.275 e. The molecule has 7 heteroatoms. The van der Waals surface area contributed by atoms with Crippen molar-refractivity contribution in [2.45, 2.75) is 0 Å². The summed E-state index contributed by atoms with van der Waals surface area (Å²) in [6.45, 7) is 4.49. The number of rotatable bonds is 5. The van der Waals surface area contributed by atoms with Gasteiger partial charge in [-0.2, -0.15) is 5.10 Å². The molecule has 0 radical (unpaired) electrons. The Bertz CT molecular complexity index is 917. The quantitative estimate of drug-likeness (QED) is 0.734. The summed E-state index contributed by atoms with van der Waals surface area (Å²) in [5, 5.41) is 8.73. The Morgan fingerprint density at radius 3 is 2.59 bits per heavy atom. The van der Waals surface area contributed by atoms with Gasteiger partial charge in [0.05, 0.1) is 5.52 Å². The molecule has 1 amide bonds. The Morgan fingerprint density at radius 1 is 1.07 bits per heavy atom. The first-order chi connectivity index (χ1) is 13.2. The minimum Gasteiger partial charge on any atom is -0.492 e. The van der Waals surface area contributed by atoms with Gasteiger partial charge in [0.2, 0.25) is 0 Å². The number of H-pyrrole nitrogens is 1. The van der Waals surface area contributed by atoms with Crippen molar-refractivity contribution in [3.8, 4) is 5.75 Å². The van der Waals surface area contributed by atoms with Crippen molar-refractivity contribution in [1.82, 2.24) is 20.0 Å². The summed E-state index contributed by atoms with van der Waals surface area (Å²) in [7, 11) is 0. The molecule has 0 bridgehead atoms. The summed E-state index contributed by atoms with van der Waals surface area (Å²) in [4.78, 5) is 17.0. The number of aromatic nitrogens is 2. The van der Waals surface area contributed by atoms with Crippen LogP contribution in [0.25, 0.3) is 10.9 Å². The van der Waals surface area contributed by atoms with Gasteiger partial charge in [0.15, 0.2) is 5.69 Å². The van der Waals surface area contributed by atoms with Gasteiger partial charge in [0.25, 0.3) is 5.91 Å². The second kappa shape index (κ2) is 7.98. The molecule has 0 unspecified atom stereocenters. The van der Waals surface area contributed by atoms with Crippen molar-refractivity contribution < 1.29 is 9.53 Å². The molecule has 2 heterocycles. The molecule has 6 nitrogen and oxygen atoms in total. The number of fused-ring (bicyclic) bond motifs is 1. The molecule has 1 fully saturated rings. The Kier molecular flexibility index (Phi) is 5.27. The highest BCUT2D eigenvalue weighted by molar-refractivity contribution is 6.30. The molecule has 0 spiro atoms. The van der Waals surface area contributed by atoms with Gasteiger partial charge < -0.3 is 9.64 Å². The van der Waals surface area contributed by atoms with E-state index in [1.807, 2.05) is 53.4 Å². The molecule has 1 N–H and O–H groups in total. The molecule has 1 aromatic heterocycles. The van der Waals surface area contributed by atoms with E-state index in [9.17, 15) is 4.79 Å². The molecule has 140 valence electrons. The highest BCUT2D eigenvalue weighted by atomic mass is 35.5. The van der Waals surface area contributed by atoms with E-state index in [4.69, 9.17) is 16.3 Å². The molecule has 0 aliphatic carbocycles. The number of benzene rings is 2. The van der Waals surface area contributed by atoms with Crippen LogP contribution in [0.2, 0.25) is 5.02 Å². The summed E-state index contributed by atoms with van der Waals surface area (Å²) >= 11 is 5.87. The lowest BCUT2D eigenvalue weighted by Crippen LogP contribution is -2.49. The van der Waals surface area contributed by atoms with Gasteiger partial charge in [-0.15, -0.1) is 0 Å². The Morgan fingerprint density at radius 2 is 1.81 bits per heavy atom. The summed E-state index contributed by atoms with van der Waals surface area (Å²) in [6, 6.07) is 15.1. The second-order valence-corrected chi connectivity index (χ2v) is 6.99. The van der Waals surface area contributed by atoms with E-state index >= 15 is 0 Å². The summed E-state index contributed by atoms with van der Waals surface area (Å²) in [5.74, 6) is 0.808. The summed E-state index contributed by atoms with van der Waals surface area (Å²) in [5.41, 5.74) is 1.39. The van der Waals surface area contributed by atoms with Crippen LogP contribution in [0.4, 0.5) is 0 Å². The predicted molar refractivity (Wildman–Crippen MR) is 105 cm³/mol. The van der Waals surface area contributed by atoms with Gasteiger partial charge >= 0.3 is 0 Å². The first-order valence-corrected chi connectivity index (χ1v) is 9.41. The van der Waals surface area contributed by atoms with Gasteiger partial charge in [-0.05, 0) is 30.3 Å². The highest BCUT2D eigenvalue weighted by Gasteiger charge is 2.24. The van der Waals surface area contributed by atoms with E-state index < -0.39 is 0 Å². The molecular weight excluding hydrogens is 364 g/mol. The minimum absolute atomic E-state index is 0.00971. The van der Waals surface area contributed by atoms with Crippen LogP contribution in [0.5, 0.6) is 5.75 Å². The van der Waals surface area contributed by atoms with Crippen molar-refractivity contribution in [1.29, 1.82) is 0 Å². The topological polar surface area (TPSA) is 61.5 Å². The predicted octanol–water partition coefficient (Wildman–Crippen LogP) is 3.05. The maximum Gasteiger partial charge on any atom is 0.275 e. The van der Waals surface area contributed by atoms with Gasteiger partial charge in [-0.3, -0.25) is 14.8 Å². The first-order valence-electron chi connectivity index (χ1n) is 9.04. The van der Waals surface area contributed by atoms with Crippen LogP contribution in [0.1, 0.15) is 10.5 Å². The minimum atomic E-state index is -0.00971. The van der Waals surface area contributed by atoms with Crippen LogP contribution < -0.4 is 4.74 Å². The average molecular weight is 385 g/mol. The Hall–Kier alpha value is -2.57. The highest BCUT2D eigenvalue weighted by Crippen LogP contribution is 2.18. The number of halogens is 1. The SMILES string of the molecule is O=C(c1n[nH]c2ccccc12)N1CCN(CCOc2ccc(Cl)cc2)CC1. The van der Waals surface area contributed by atoms with E-state index in [0.29, 0.717) is 30.4 Å². The number of nitrogens with zero attached hydrogens (tertiary/aromatic N) is 3.